The molecule has 1 aliphatic carbocycles. The van der Waals surface area contributed by atoms with Crippen LogP contribution in [0.15, 0.2) is 0 Å². The molecular formula is C15H30N2O. The Kier molecular flexibility index (Phi) is 6.13. The van der Waals surface area contributed by atoms with Crippen LogP contribution < -0.4 is 11.1 Å². The van der Waals surface area contributed by atoms with Crippen LogP contribution in [0.5, 0.6) is 0 Å². The van der Waals surface area contributed by atoms with Gasteiger partial charge in [-0.1, -0.05) is 46.5 Å². The van der Waals surface area contributed by atoms with Crippen LogP contribution in [0, 0.1) is 11.3 Å². The van der Waals surface area contributed by atoms with E-state index in [9.17, 15) is 4.79 Å². The average Bonchev–Trinajstić information content (AvgIpc) is 2.75. The fourth-order valence-corrected chi connectivity index (χ4v) is 2.50. The van der Waals surface area contributed by atoms with Crippen molar-refractivity contribution in [2.75, 3.05) is 6.54 Å². The molecule has 0 aromatic rings. The molecule has 3 N–H and O–H groups in total. The monoisotopic (exact) mass is 254 g/mol. The predicted molar refractivity (Wildman–Crippen MR) is 76.2 cm³/mol. The molecule has 1 atom stereocenters. The Morgan fingerprint density at radius 3 is 2.50 bits per heavy atom. The van der Waals surface area contributed by atoms with Gasteiger partial charge in [0.15, 0.2) is 0 Å². The highest BCUT2D eigenvalue weighted by atomic mass is 16.1. The van der Waals surface area contributed by atoms with Gasteiger partial charge < -0.3 is 11.1 Å². The molecule has 3 nitrogen and oxygen atoms in total. The van der Waals surface area contributed by atoms with E-state index < -0.39 is 0 Å². The second-order valence-electron chi connectivity index (χ2n) is 6.82. The van der Waals surface area contributed by atoms with Crippen LogP contribution in [0.4, 0.5) is 0 Å². The van der Waals surface area contributed by atoms with Gasteiger partial charge in [0.1, 0.15) is 0 Å². The van der Waals surface area contributed by atoms with Crippen molar-refractivity contribution >= 4 is 5.91 Å². The lowest BCUT2D eigenvalue weighted by molar-refractivity contribution is -0.121. The second kappa shape index (κ2) is 7.13. The lowest BCUT2D eigenvalue weighted by atomic mass is 9.85. The maximum atomic E-state index is 11.7. The van der Waals surface area contributed by atoms with Crippen LogP contribution in [0.3, 0.4) is 0 Å². The summed E-state index contributed by atoms with van der Waals surface area (Å²) in [5.41, 5.74) is 6.00. The molecule has 1 fully saturated rings. The lowest BCUT2D eigenvalue weighted by Gasteiger charge is -2.26. The maximum Gasteiger partial charge on any atom is 0.221 e. The predicted octanol–water partition coefficient (Wildman–Crippen LogP) is 2.84. The Morgan fingerprint density at radius 1 is 1.33 bits per heavy atom. The van der Waals surface area contributed by atoms with E-state index in [1.807, 2.05) is 0 Å². The summed E-state index contributed by atoms with van der Waals surface area (Å²) in [6, 6.07) is -0.0627. The maximum absolute atomic E-state index is 11.7. The molecule has 1 unspecified atom stereocenters. The Bertz CT molecular complexity index is 252. The Hall–Kier alpha value is -0.570. The summed E-state index contributed by atoms with van der Waals surface area (Å²) in [6.45, 7) is 7.04. The van der Waals surface area contributed by atoms with Crippen molar-refractivity contribution < 1.29 is 4.79 Å². The number of rotatable bonds is 6. The molecule has 0 spiro atoms. The normalized spacial score (nSPS) is 18.9. The second-order valence-corrected chi connectivity index (χ2v) is 6.82. The molecule has 0 saturated heterocycles. The largest absolute Gasteiger partial charge is 0.356 e. The van der Waals surface area contributed by atoms with Crippen LogP contribution in [0.2, 0.25) is 0 Å². The molecule has 1 saturated carbocycles. The molecule has 3 heteroatoms. The minimum Gasteiger partial charge on any atom is -0.356 e. The topological polar surface area (TPSA) is 55.1 Å². The number of hydrogen-bond donors (Lipinski definition) is 2. The van der Waals surface area contributed by atoms with E-state index in [2.05, 4.69) is 26.1 Å². The van der Waals surface area contributed by atoms with Crippen LogP contribution in [-0.4, -0.2) is 18.5 Å². The Balaban J connectivity index is 2.06. The van der Waals surface area contributed by atoms with E-state index in [0.717, 1.165) is 18.9 Å². The molecular weight excluding hydrogens is 224 g/mol. The molecule has 1 amide bonds. The van der Waals surface area contributed by atoms with Crippen molar-refractivity contribution in [3.05, 3.63) is 0 Å². The smallest absolute Gasteiger partial charge is 0.221 e. The highest BCUT2D eigenvalue weighted by Crippen LogP contribution is 2.28. The van der Waals surface area contributed by atoms with Gasteiger partial charge >= 0.3 is 0 Å². The van der Waals surface area contributed by atoms with E-state index in [0.29, 0.717) is 6.42 Å². The summed E-state index contributed by atoms with van der Waals surface area (Å²) in [4.78, 5) is 11.7. The van der Waals surface area contributed by atoms with Gasteiger partial charge in [-0.25, -0.2) is 0 Å². The number of nitrogens with two attached hydrogens (primary N) is 1. The zero-order valence-electron chi connectivity index (χ0n) is 12.3. The van der Waals surface area contributed by atoms with Crippen LogP contribution in [-0.2, 0) is 4.79 Å². The summed E-state index contributed by atoms with van der Waals surface area (Å²) < 4.78 is 0. The molecule has 1 aliphatic rings. The lowest BCUT2D eigenvalue weighted by Crippen LogP contribution is -2.40. The first kappa shape index (κ1) is 15.5. The van der Waals surface area contributed by atoms with E-state index in [4.69, 9.17) is 5.73 Å². The molecule has 0 radical (unpaired) electrons. The van der Waals surface area contributed by atoms with Gasteiger partial charge in [-0.3, -0.25) is 4.79 Å². The highest BCUT2D eigenvalue weighted by molar-refractivity contribution is 5.76. The zero-order valence-corrected chi connectivity index (χ0v) is 12.3. The minimum absolute atomic E-state index is 0.00118. The van der Waals surface area contributed by atoms with Crippen molar-refractivity contribution in [2.24, 2.45) is 17.1 Å². The average molecular weight is 254 g/mol. The first-order valence-corrected chi connectivity index (χ1v) is 7.42. The first-order valence-electron chi connectivity index (χ1n) is 7.42. The van der Waals surface area contributed by atoms with Gasteiger partial charge in [0.2, 0.25) is 5.91 Å². The van der Waals surface area contributed by atoms with Crippen LogP contribution in [0.25, 0.3) is 0 Å². The van der Waals surface area contributed by atoms with Crippen molar-refractivity contribution in [1.29, 1.82) is 0 Å². The van der Waals surface area contributed by atoms with Gasteiger partial charge in [0.05, 0.1) is 0 Å². The first-order chi connectivity index (χ1) is 8.39. The quantitative estimate of drug-likeness (QED) is 0.716. The number of carbonyl (C=O) groups is 1. The summed E-state index contributed by atoms with van der Waals surface area (Å²) in [7, 11) is 0. The zero-order chi connectivity index (χ0) is 13.6. The molecule has 1 rings (SSSR count). The van der Waals surface area contributed by atoms with E-state index in [-0.39, 0.29) is 17.4 Å². The SMILES string of the molecule is CC(C)(C)C(N)CC(=O)NCCCC1CCCC1. The van der Waals surface area contributed by atoms with Gasteiger partial charge in [0.25, 0.3) is 0 Å². The van der Waals surface area contributed by atoms with Gasteiger partial charge in [-0.05, 0) is 24.2 Å². The Labute approximate surface area is 112 Å². The molecule has 0 bridgehead atoms. The summed E-state index contributed by atoms with van der Waals surface area (Å²) >= 11 is 0. The third-order valence-corrected chi connectivity index (χ3v) is 4.10. The van der Waals surface area contributed by atoms with E-state index >= 15 is 0 Å². The van der Waals surface area contributed by atoms with Gasteiger partial charge in [-0.2, -0.15) is 0 Å². The number of amides is 1. The van der Waals surface area contributed by atoms with Gasteiger partial charge in [0, 0.05) is 19.0 Å². The van der Waals surface area contributed by atoms with Crippen molar-refractivity contribution in [3.8, 4) is 0 Å². The van der Waals surface area contributed by atoms with Gasteiger partial charge in [-0.15, -0.1) is 0 Å². The van der Waals surface area contributed by atoms with E-state index in [1.54, 1.807) is 0 Å². The van der Waals surface area contributed by atoms with E-state index in [1.165, 1.54) is 32.1 Å². The highest BCUT2D eigenvalue weighted by Gasteiger charge is 2.23. The minimum atomic E-state index is -0.0627. The van der Waals surface area contributed by atoms with Crippen molar-refractivity contribution in [3.63, 3.8) is 0 Å². The van der Waals surface area contributed by atoms with Crippen LogP contribution >= 0.6 is 0 Å². The fraction of sp³-hybridized carbons (Fsp3) is 0.933. The number of hydrogen-bond acceptors (Lipinski definition) is 2. The summed E-state index contributed by atoms with van der Waals surface area (Å²) in [6.07, 6.45) is 8.40. The summed E-state index contributed by atoms with van der Waals surface area (Å²) in [5.74, 6) is 1.02. The van der Waals surface area contributed by atoms with Crippen molar-refractivity contribution in [2.45, 2.75) is 71.8 Å². The molecule has 0 aromatic heterocycles. The third kappa shape index (κ3) is 5.85. The fourth-order valence-electron chi connectivity index (χ4n) is 2.50. The Morgan fingerprint density at radius 2 is 1.94 bits per heavy atom. The standard InChI is InChI=1S/C15H30N2O/c1-15(2,3)13(16)11-14(18)17-10-6-9-12-7-4-5-8-12/h12-13H,4-11,16H2,1-3H3,(H,17,18). The molecule has 0 aliphatic heterocycles. The number of carbonyl (C=O) groups excluding carboxylic acids is 1. The number of nitrogens with one attached hydrogen (secondary N) is 1. The van der Waals surface area contributed by atoms with Crippen LogP contribution in [0.1, 0.15) is 65.7 Å². The summed E-state index contributed by atoms with van der Waals surface area (Å²) in [5, 5.41) is 2.99. The molecule has 106 valence electrons. The third-order valence-electron chi connectivity index (χ3n) is 4.10. The molecule has 18 heavy (non-hydrogen) atoms. The molecule has 0 aromatic carbocycles. The van der Waals surface area contributed by atoms with Crippen molar-refractivity contribution in [1.82, 2.24) is 5.32 Å². The molecule has 0 heterocycles.